The van der Waals surface area contributed by atoms with Crippen molar-refractivity contribution < 1.29 is 19.4 Å². The van der Waals surface area contributed by atoms with Crippen LogP contribution in [-0.4, -0.2) is 54.6 Å². The summed E-state index contributed by atoms with van der Waals surface area (Å²) in [7, 11) is 1.57. The summed E-state index contributed by atoms with van der Waals surface area (Å²) in [4.78, 5) is 17.4. The number of amides is 1. The number of hydrogen-bond acceptors (Lipinski definition) is 5. The molecule has 0 spiro atoms. The summed E-state index contributed by atoms with van der Waals surface area (Å²) < 4.78 is 9.82. The van der Waals surface area contributed by atoms with Crippen LogP contribution in [0.1, 0.15) is 5.69 Å². The Morgan fingerprint density at radius 1 is 1.44 bits per heavy atom. The highest BCUT2D eigenvalue weighted by Gasteiger charge is 2.15. The number of ether oxygens (including phenoxy) is 2. The monoisotopic (exact) mass is 254 g/mol. The maximum absolute atomic E-state index is 11.7. The van der Waals surface area contributed by atoms with Crippen LogP contribution >= 0.6 is 0 Å². The minimum atomic E-state index is -0.480. The molecule has 0 atom stereocenters. The molecule has 1 heterocycles. The Labute approximate surface area is 106 Å². The first-order valence-corrected chi connectivity index (χ1v) is 5.69. The third-order valence-corrected chi connectivity index (χ3v) is 2.22. The van der Waals surface area contributed by atoms with Crippen LogP contribution in [0.25, 0.3) is 0 Å². The van der Waals surface area contributed by atoms with Gasteiger partial charge in [0, 0.05) is 19.9 Å². The Morgan fingerprint density at radius 3 is 2.89 bits per heavy atom. The van der Waals surface area contributed by atoms with Crippen LogP contribution in [0, 0.1) is 0 Å². The van der Waals surface area contributed by atoms with Gasteiger partial charge in [-0.2, -0.15) is 0 Å². The number of methoxy groups -OCH3 is 1. The molecule has 100 valence electrons. The fraction of sp³-hybridized carbons (Fsp3) is 0.500. The molecule has 0 aliphatic rings. The highest BCUT2D eigenvalue weighted by atomic mass is 16.6. The van der Waals surface area contributed by atoms with Crippen LogP contribution in [0.2, 0.25) is 0 Å². The molecule has 1 N–H and O–H groups in total. The SMILES string of the molecule is COCCN(Cc1ccccn1)C(=O)OCCO. The van der Waals surface area contributed by atoms with Crippen LogP contribution in [0.15, 0.2) is 24.4 Å². The van der Waals surface area contributed by atoms with Crippen molar-refractivity contribution in [3.8, 4) is 0 Å². The fourth-order valence-electron chi connectivity index (χ4n) is 1.35. The van der Waals surface area contributed by atoms with Crippen LogP contribution in [-0.2, 0) is 16.0 Å². The second kappa shape index (κ2) is 8.43. The van der Waals surface area contributed by atoms with Gasteiger partial charge in [-0.1, -0.05) is 6.07 Å². The maximum atomic E-state index is 11.7. The van der Waals surface area contributed by atoms with Gasteiger partial charge in [0.1, 0.15) is 6.61 Å². The summed E-state index contributed by atoms with van der Waals surface area (Å²) in [5.74, 6) is 0. The van der Waals surface area contributed by atoms with E-state index >= 15 is 0 Å². The number of aliphatic hydroxyl groups is 1. The number of aromatic nitrogens is 1. The van der Waals surface area contributed by atoms with E-state index in [1.807, 2.05) is 18.2 Å². The van der Waals surface area contributed by atoms with Gasteiger partial charge in [0.25, 0.3) is 0 Å². The third kappa shape index (κ3) is 5.11. The number of rotatable bonds is 7. The van der Waals surface area contributed by atoms with Gasteiger partial charge >= 0.3 is 6.09 Å². The number of carbonyl (C=O) groups excluding carboxylic acids is 1. The highest BCUT2D eigenvalue weighted by molar-refractivity contribution is 5.67. The van der Waals surface area contributed by atoms with Crippen LogP contribution in [0.4, 0.5) is 4.79 Å². The molecule has 0 radical (unpaired) electrons. The molecule has 6 nitrogen and oxygen atoms in total. The minimum Gasteiger partial charge on any atom is -0.447 e. The highest BCUT2D eigenvalue weighted by Crippen LogP contribution is 2.03. The summed E-state index contributed by atoms with van der Waals surface area (Å²) in [6.45, 7) is 0.991. The van der Waals surface area contributed by atoms with Crippen LogP contribution in [0.3, 0.4) is 0 Å². The lowest BCUT2D eigenvalue weighted by Gasteiger charge is -2.21. The van der Waals surface area contributed by atoms with E-state index in [9.17, 15) is 4.79 Å². The molecular formula is C12H18N2O4. The second-order valence-electron chi connectivity index (χ2n) is 3.57. The third-order valence-electron chi connectivity index (χ3n) is 2.22. The maximum Gasteiger partial charge on any atom is 0.410 e. The average Bonchev–Trinajstić information content (AvgIpc) is 2.42. The molecular weight excluding hydrogens is 236 g/mol. The Hall–Kier alpha value is -1.66. The lowest BCUT2D eigenvalue weighted by molar-refractivity contribution is 0.0708. The van der Waals surface area contributed by atoms with E-state index in [-0.39, 0.29) is 13.2 Å². The van der Waals surface area contributed by atoms with Crippen molar-refractivity contribution in [2.24, 2.45) is 0 Å². The van der Waals surface area contributed by atoms with E-state index in [4.69, 9.17) is 14.6 Å². The van der Waals surface area contributed by atoms with E-state index < -0.39 is 6.09 Å². The largest absolute Gasteiger partial charge is 0.447 e. The number of carbonyl (C=O) groups is 1. The average molecular weight is 254 g/mol. The first kappa shape index (κ1) is 14.4. The standard InChI is InChI=1S/C12H18N2O4/c1-17-8-6-14(12(16)18-9-7-15)10-11-4-2-3-5-13-11/h2-5,15H,6-10H2,1H3. The van der Waals surface area contributed by atoms with E-state index in [2.05, 4.69) is 4.98 Å². The number of aliphatic hydroxyl groups excluding tert-OH is 1. The molecule has 1 aromatic heterocycles. The fourth-order valence-corrected chi connectivity index (χ4v) is 1.35. The normalized spacial score (nSPS) is 10.1. The molecule has 6 heteroatoms. The summed E-state index contributed by atoms with van der Waals surface area (Å²) in [6.07, 6.45) is 1.19. The van der Waals surface area contributed by atoms with Gasteiger partial charge < -0.3 is 19.5 Å². The molecule has 0 aromatic carbocycles. The molecule has 0 bridgehead atoms. The molecule has 1 aromatic rings. The second-order valence-corrected chi connectivity index (χ2v) is 3.57. The zero-order valence-corrected chi connectivity index (χ0v) is 10.4. The number of pyridine rings is 1. The van der Waals surface area contributed by atoms with E-state index in [0.717, 1.165) is 5.69 Å². The molecule has 18 heavy (non-hydrogen) atoms. The number of nitrogens with zero attached hydrogens (tertiary/aromatic N) is 2. The molecule has 0 fully saturated rings. The Kier molecular flexibility index (Phi) is 6.75. The van der Waals surface area contributed by atoms with Crippen molar-refractivity contribution in [3.63, 3.8) is 0 Å². The van der Waals surface area contributed by atoms with Crippen molar-refractivity contribution in [2.45, 2.75) is 6.54 Å². The lowest BCUT2D eigenvalue weighted by atomic mass is 10.3. The van der Waals surface area contributed by atoms with Crippen LogP contribution < -0.4 is 0 Å². The Bertz CT molecular complexity index is 345. The van der Waals surface area contributed by atoms with Gasteiger partial charge in [0.15, 0.2) is 0 Å². The minimum absolute atomic E-state index is 0.00939. The van der Waals surface area contributed by atoms with E-state index in [1.54, 1.807) is 13.3 Å². The lowest BCUT2D eigenvalue weighted by Crippen LogP contribution is -2.34. The first-order chi connectivity index (χ1) is 8.77. The predicted molar refractivity (Wildman–Crippen MR) is 65.0 cm³/mol. The van der Waals surface area contributed by atoms with Gasteiger partial charge in [-0.25, -0.2) is 4.79 Å². The summed E-state index contributed by atoms with van der Waals surface area (Å²) in [5.41, 5.74) is 0.773. The summed E-state index contributed by atoms with van der Waals surface area (Å²) in [6, 6.07) is 5.50. The molecule has 1 amide bonds. The van der Waals surface area contributed by atoms with Crippen LogP contribution in [0.5, 0.6) is 0 Å². The van der Waals surface area contributed by atoms with E-state index in [1.165, 1.54) is 4.90 Å². The van der Waals surface area contributed by atoms with Crippen molar-refractivity contribution >= 4 is 6.09 Å². The van der Waals surface area contributed by atoms with Gasteiger partial charge in [-0.15, -0.1) is 0 Å². The summed E-state index contributed by atoms with van der Waals surface area (Å²) >= 11 is 0. The zero-order chi connectivity index (χ0) is 13.2. The topological polar surface area (TPSA) is 71.9 Å². The van der Waals surface area contributed by atoms with Crippen molar-refractivity contribution in [1.82, 2.24) is 9.88 Å². The van der Waals surface area contributed by atoms with Gasteiger partial charge in [-0.3, -0.25) is 4.98 Å². The molecule has 0 unspecified atom stereocenters. The van der Waals surface area contributed by atoms with Gasteiger partial charge in [0.05, 0.1) is 25.5 Å². The zero-order valence-electron chi connectivity index (χ0n) is 10.4. The quantitative estimate of drug-likeness (QED) is 0.774. The molecule has 1 rings (SSSR count). The molecule has 0 saturated carbocycles. The first-order valence-electron chi connectivity index (χ1n) is 5.69. The van der Waals surface area contributed by atoms with Crippen molar-refractivity contribution in [1.29, 1.82) is 0 Å². The summed E-state index contributed by atoms with van der Waals surface area (Å²) in [5, 5.41) is 8.63. The van der Waals surface area contributed by atoms with Gasteiger partial charge in [0.2, 0.25) is 0 Å². The Balaban J connectivity index is 2.57. The number of hydrogen-bond donors (Lipinski definition) is 1. The van der Waals surface area contributed by atoms with Gasteiger partial charge in [-0.05, 0) is 12.1 Å². The van der Waals surface area contributed by atoms with E-state index in [0.29, 0.717) is 19.7 Å². The molecule has 0 saturated heterocycles. The van der Waals surface area contributed by atoms with Crippen molar-refractivity contribution in [3.05, 3.63) is 30.1 Å². The smallest absolute Gasteiger partial charge is 0.410 e. The Morgan fingerprint density at radius 2 is 2.28 bits per heavy atom. The molecule has 0 aliphatic heterocycles. The van der Waals surface area contributed by atoms with Crippen molar-refractivity contribution in [2.75, 3.05) is 33.5 Å². The predicted octanol–water partition coefficient (Wildman–Crippen LogP) is 0.659. The molecule has 0 aliphatic carbocycles.